The van der Waals surface area contributed by atoms with E-state index in [0.29, 0.717) is 17.4 Å². The molecular weight excluding hydrogens is 557 g/mol. The molecule has 9 nitrogen and oxygen atoms in total. The number of esters is 2. The van der Waals surface area contributed by atoms with Crippen molar-refractivity contribution in [3.8, 4) is 0 Å². The Balaban J connectivity index is 4.54. The molecule has 0 saturated heterocycles. The Bertz CT molecular complexity index is 753. The molecule has 0 aliphatic carbocycles. The maximum atomic E-state index is 12.5. The summed E-state index contributed by atoms with van der Waals surface area (Å²) in [6.07, 6.45) is 21.1. The third-order valence-corrected chi connectivity index (χ3v) is 7.73. The third kappa shape index (κ3) is 28.9. The van der Waals surface area contributed by atoms with E-state index in [1.54, 1.807) is 0 Å². The van der Waals surface area contributed by atoms with E-state index in [4.69, 9.17) is 18.5 Å². The van der Waals surface area contributed by atoms with E-state index in [2.05, 4.69) is 26.0 Å². The monoisotopic (exact) mass is 619 g/mol. The summed E-state index contributed by atoms with van der Waals surface area (Å²) in [5, 5.41) is 0. The van der Waals surface area contributed by atoms with Gasteiger partial charge in [-0.25, -0.2) is 0 Å². The minimum Gasteiger partial charge on any atom is -0.756 e. The Hall–Kier alpha value is -1.25. The molecule has 42 heavy (non-hydrogen) atoms. The molecule has 0 heterocycles. The number of phosphoric acid groups is 1. The molecule has 0 N–H and O–H groups in total. The van der Waals surface area contributed by atoms with E-state index >= 15 is 0 Å². The Morgan fingerprint density at radius 2 is 1.26 bits per heavy atom. The van der Waals surface area contributed by atoms with Gasteiger partial charge in [0.2, 0.25) is 0 Å². The zero-order valence-electron chi connectivity index (χ0n) is 27.4. The van der Waals surface area contributed by atoms with Gasteiger partial charge in [0.15, 0.2) is 6.10 Å². The highest BCUT2D eigenvalue weighted by Crippen LogP contribution is 2.38. The van der Waals surface area contributed by atoms with Crippen molar-refractivity contribution in [3.63, 3.8) is 0 Å². The van der Waals surface area contributed by atoms with Gasteiger partial charge < -0.3 is 27.9 Å². The first-order valence-electron chi connectivity index (χ1n) is 16.4. The van der Waals surface area contributed by atoms with Crippen molar-refractivity contribution in [3.05, 3.63) is 12.2 Å². The summed E-state index contributed by atoms with van der Waals surface area (Å²) in [7, 11) is 1.16. The second-order valence-corrected chi connectivity index (χ2v) is 13.6. The SMILES string of the molecule is CCC/C=C\CCCCCCCC(=O)OC(COC(=O)CCCCCCCCCC)COP(=O)([O-])OCC[N+](C)(C)C. The summed E-state index contributed by atoms with van der Waals surface area (Å²) in [5.41, 5.74) is 0. The number of hydrogen-bond acceptors (Lipinski definition) is 8. The smallest absolute Gasteiger partial charge is 0.306 e. The van der Waals surface area contributed by atoms with Crippen molar-refractivity contribution >= 4 is 19.8 Å². The van der Waals surface area contributed by atoms with Crippen molar-refractivity contribution in [2.75, 3.05) is 47.5 Å². The lowest BCUT2D eigenvalue weighted by atomic mass is 10.1. The van der Waals surface area contributed by atoms with Crippen LogP contribution in [0, 0.1) is 0 Å². The van der Waals surface area contributed by atoms with E-state index in [-0.39, 0.29) is 26.1 Å². The Morgan fingerprint density at radius 3 is 1.86 bits per heavy atom. The lowest BCUT2D eigenvalue weighted by Gasteiger charge is -2.28. The summed E-state index contributed by atoms with van der Waals surface area (Å²) in [6.45, 7) is 4.08. The van der Waals surface area contributed by atoms with Gasteiger partial charge in [0.05, 0.1) is 27.7 Å². The van der Waals surface area contributed by atoms with Crippen LogP contribution in [0.15, 0.2) is 12.2 Å². The normalized spacial score (nSPS) is 14.1. The predicted molar refractivity (Wildman–Crippen MR) is 167 cm³/mol. The Labute approximate surface area is 256 Å². The highest BCUT2D eigenvalue weighted by molar-refractivity contribution is 7.45. The van der Waals surface area contributed by atoms with Crippen LogP contribution in [0.4, 0.5) is 0 Å². The molecule has 0 aliphatic heterocycles. The molecular formula is C32H62NO8P. The van der Waals surface area contributed by atoms with Gasteiger partial charge in [0, 0.05) is 12.8 Å². The number of ether oxygens (including phenoxy) is 2. The maximum absolute atomic E-state index is 12.5. The molecule has 10 heteroatoms. The average Bonchev–Trinajstić information content (AvgIpc) is 2.92. The minimum absolute atomic E-state index is 0.0304. The van der Waals surface area contributed by atoms with E-state index in [1.807, 2.05) is 21.1 Å². The number of quaternary nitrogens is 1. The number of rotatable bonds is 29. The number of unbranched alkanes of at least 4 members (excludes halogenated alkanes) is 13. The number of nitrogens with zero attached hydrogens (tertiary/aromatic N) is 1. The van der Waals surface area contributed by atoms with Crippen molar-refractivity contribution < 1.29 is 42.1 Å². The second-order valence-electron chi connectivity index (χ2n) is 12.2. The van der Waals surface area contributed by atoms with Gasteiger partial charge in [-0.3, -0.25) is 14.2 Å². The summed E-state index contributed by atoms with van der Waals surface area (Å²) in [4.78, 5) is 37.0. The number of phosphoric ester groups is 1. The van der Waals surface area contributed by atoms with Crippen LogP contribution in [-0.2, 0) is 32.7 Å². The number of likely N-dealkylation sites (N-methyl/N-ethyl adjacent to an activating group) is 1. The molecule has 0 aromatic rings. The van der Waals surface area contributed by atoms with Gasteiger partial charge >= 0.3 is 11.9 Å². The van der Waals surface area contributed by atoms with Gasteiger partial charge in [-0.15, -0.1) is 0 Å². The molecule has 0 spiro atoms. The first-order chi connectivity index (χ1) is 20.0. The first-order valence-corrected chi connectivity index (χ1v) is 17.9. The summed E-state index contributed by atoms with van der Waals surface area (Å²) in [5.74, 6) is -0.854. The number of allylic oxidation sites excluding steroid dienone is 2. The number of hydrogen-bond donors (Lipinski definition) is 0. The molecule has 248 valence electrons. The maximum Gasteiger partial charge on any atom is 0.306 e. The van der Waals surface area contributed by atoms with Gasteiger partial charge in [-0.1, -0.05) is 96.6 Å². The zero-order chi connectivity index (χ0) is 31.5. The van der Waals surface area contributed by atoms with E-state index < -0.39 is 32.5 Å². The van der Waals surface area contributed by atoms with Crippen LogP contribution in [-0.4, -0.2) is 70.0 Å². The van der Waals surface area contributed by atoms with E-state index in [0.717, 1.165) is 57.8 Å². The molecule has 0 aromatic carbocycles. The molecule has 0 bridgehead atoms. The second kappa shape index (κ2) is 26.2. The molecule has 2 atom stereocenters. The quantitative estimate of drug-likeness (QED) is 0.0283. The summed E-state index contributed by atoms with van der Waals surface area (Å²) < 4.78 is 33.5. The highest BCUT2D eigenvalue weighted by atomic mass is 31.2. The van der Waals surface area contributed by atoms with Gasteiger partial charge in [0.25, 0.3) is 7.82 Å². The minimum atomic E-state index is -4.60. The Morgan fingerprint density at radius 1 is 0.714 bits per heavy atom. The van der Waals surface area contributed by atoms with E-state index in [1.165, 1.54) is 38.5 Å². The molecule has 0 amide bonds. The lowest BCUT2D eigenvalue weighted by Crippen LogP contribution is -2.37. The predicted octanol–water partition coefficient (Wildman–Crippen LogP) is 7.27. The first kappa shape index (κ1) is 40.8. The third-order valence-electron chi connectivity index (χ3n) is 6.77. The van der Waals surface area contributed by atoms with Crippen LogP contribution in [0.2, 0.25) is 0 Å². The summed E-state index contributed by atoms with van der Waals surface area (Å²) in [6, 6.07) is 0. The summed E-state index contributed by atoms with van der Waals surface area (Å²) >= 11 is 0. The van der Waals surface area contributed by atoms with Gasteiger partial charge in [-0.2, -0.15) is 0 Å². The molecule has 0 fully saturated rings. The molecule has 0 aromatic heterocycles. The molecule has 0 rings (SSSR count). The van der Waals surface area contributed by atoms with Crippen LogP contribution >= 0.6 is 7.82 Å². The van der Waals surface area contributed by atoms with Crippen molar-refractivity contribution in [2.24, 2.45) is 0 Å². The van der Waals surface area contributed by atoms with Crippen LogP contribution in [0.3, 0.4) is 0 Å². The van der Waals surface area contributed by atoms with Gasteiger partial charge in [-0.05, 0) is 32.1 Å². The van der Waals surface area contributed by atoms with E-state index in [9.17, 15) is 19.0 Å². The zero-order valence-corrected chi connectivity index (χ0v) is 28.3. The molecule has 0 aliphatic rings. The number of carbonyl (C=O) groups excluding carboxylic acids is 2. The Kier molecular flexibility index (Phi) is 25.4. The number of carbonyl (C=O) groups is 2. The van der Waals surface area contributed by atoms with Gasteiger partial charge in [0.1, 0.15) is 19.8 Å². The van der Waals surface area contributed by atoms with Crippen molar-refractivity contribution in [2.45, 2.75) is 136 Å². The molecule has 0 saturated carbocycles. The largest absolute Gasteiger partial charge is 0.756 e. The van der Waals surface area contributed by atoms with Crippen LogP contribution < -0.4 is 4.89 Å². The lowest BCUT2D eigenvalue weighted by molar-refractivity contribution is -0.870. The highest BCUT2D eigenvalue weighted by Gasteiger charge is 2.21. The van der Waals surface area contributed by atoms with Crippen molar-refractivity contribution in [1.29, 1.82) is 0 Å². The fourth-order valence-electron chi connectivity index (χ4n) is 4.12. The molecule has 0 radical (unpaired) electrons. The topological polar surface area (TPSA) is 111 Å². The standard InChI is InChI=1S/C32H62NO8P/c1-6-8-10-12-14-16-17-19-21-23-25-32(35)41-30(29-40-42(36,37)39-27-26-33(3,4)5)28-38-31(34)24-22-20-18-15-13-11-9-7-2/h10,12,30H,6-9,11,13-29H2,1-5H3/b12-10-. The fourth-order valence-corrected chi connectivity index (χ4v) is 4.85. The molecule has 2 unspecified atom stereocenters. The van der Waals surface area contributed by atoms with Crippen LogP contribution in [0.5, 0.6) is 0 Å². The van der Waals surface area contributed by atoms with Crippen LogP contribution in [0.1, 0.15) is 129 Å². The van der Waals surface area contributed by atoms with Crippen LogP contribution in [0.25, 0.3) is 0 Å². The van der Waals surface area contributed by atoms with Crippen molar-refractivity contribution in [1.82, 2.24) is 0 Å². The fraction of sp³-hybridized carbons (Fsp3) is 0.875. The average molecular weight is 620 g/mol.